The van der Waals surface area contributed by atoms with Crippen LogP contribution in [0.25, 0.3) is 11.0 Å². The SMILES string of the molecule is Cc1ccc2c(I)c[nH]c2n1. The van der Waals surface area contributed by atoms with Gasteiger partial charge < -0.3 is 4.98 Å². The number of hydrogen-bond acceptors (Lipinski definition) is 1. The summed E-state index contributed by atoms with van der Waals surface area (Å²) in [6, 6.07) is 4.12. The molecule has 0 aliphatic heterocycles. The number of halogens is 1. The fraction of sp³-hybridized carbons (Fsp3) is 0.125. The van der Waals surface area contributed by atoms with Crippen molar-refractivity contribution >= 4 is 33.6 Å². The fourth-order valence-corrected chi connectivity index (χ4v) is 1.66. The standard InChI is InChI=1S/C8H7IN2/c1-5-2-3-6-7(9)4-10-8(6)11-5/h2-4H,1H3,(H,10,11). The third-order valence-corrected chi connectivity index (χ3v) is 2.52. The van der Waals surface area contributed by atoms with Gasteiger partial charge in [-0.2, -0.15) is 0 Å². The number of nitrogens with one attached hydrogen (secondary N) is 1. The Morgan fingerprint density at radius 1 is 1.45 bits per heavy atom. The summed E-state index contributed by atoms with van der Waals surface area (Å²) in [4.78, 5) is 7.45. The molecule has 0 bridgehead atoms. The molecule has 0 radical (unpaired) electrons. The summed E-state index contributed by atoms with van der Waals surface area (Å²) in [6.07, 6.45) is 1.97. The normalized spacial score (nSPS) is 10.7. The Kier molecular flexibility index (Phi) is 1.60. The number of aromatic amines is 1. The molecular weight excluding hydrogens is 251 g/mol. The van der Waals surface area contributed by atoms with E-state index in [1.807, 2.05) is 19.2 Å². The van der Waals surface area contributed by atoms with Crippen LogP contribution in [0.15, 0.2) is 18.3 Å². The Hall–Kier alpha value is -0.580. The van der Waals surface area contributed by atoms with Gasteiger partial charge in [0.25, 0.3) is 0 Å². The van der Waals surface area contributed by atoms with E-state index in [0.29, 0.717) is 0 Å². The van der Waals surface area contributed by atoms with Gasteiger partial charge in [-0.05, 0) is 41.6 Å². The van der Waals surface area contributed by atoms with Crippen LogP contribution >= 0.6 is 22.6 Å². The van der Waals surface area contributed by atoms with Gasteiger partial charge in [-0.1, -0.05) is 0 Å². The first-order valence-electron chi connectivity index (χ1n) is 3.37. The first-order chi connectivity index (χ1) is 5.27. The van der Waals surface area contributed by atoms with Gasteiger partial charge in [-0.3, -0.25) is 0 Å². The summed E-state index contributed by atoms with van der Waals surface area (Å²) < 4.78 is 1.23. The molecule has 0 amide bonds. The van der Waals surface area contributed by atoms with Gasteiger partial charge in [0.1, 0.15) is 5.65 Å². The Morgan fingerprint density at radius 2 is 2.27 bits per heavy atom. The molecule has 56 valence electrons. The maximum Gasteiger partial charge on any atom is 0.138 e. The summed E-state index contributed by atoms with van der Waals surface area (Å²) in [5, 5.41) is 1.20. The number of H-pyrrole nitrogens is 1. The minimum absolute atomic E-state index is 0.981. The van der Waals surface area contributed by atoms with E-state index >= 15 is 0 Å². The zero-order chi connectivity index (χ0) is 7.84. The molecule has 1 N–H and O–H groups in total. The van der Waals surface area contributed by atoms with Gasteiger partial charge in [0.15, 0.2) is 0 Å². The van der Waals surface area contributed by atoms with E-state index in [1.165, 1.54) is 8.96 Å². The number of fused-ring (bicyclic) bond motifs is 1. The molecule has 11 heavy (non-hydrogen) atoms. The van der Waals surface area contributed by atoms with Gasteiger partial charge in [0.05, 0.1) is 0 Å². The van der Waals surface area contributed by atoms with Crippen molar-refractivity contribution in [2.24, 2.45) is 0 Å². The largest absolute Gasteiger partial charge is 0.345 e. The summed E-state index contributed by atoms with van der Waals surface area (Å²) in [5.41, 5.74) is 2.03. The monoisotopic (exact) mass is 258 g/mol. The van der Waals surface area contributed by atoms with Crippen molar-refractivity contribution in [2.75, 3.05) is 0 Å². The predicted molar refractivity (Wildman–Crippen MR) is 53.5 cm³/mol. The first-order valence-corrected chi connectivity index (χ1v) is 4.45. The number of pyridine rings is 1. The third kappa shape index (κ3) is 1.13. The Bertz CT molecular complexity index is 392. The smallest absolute Gasteiger partial charge is 0.138 e. The van der Waals surface area contributed by atoms with E-state index in [0.717, 1.165) is 11.3 Å². The quantitative estimate of drug-likeness (QED) is 0.722. The number of hydrogen-bond donors (Lipinski definition) is 1. The second kappa shape index (κ2) is 2.48. The van der Waals surface area contributed by atoms with Gasteiger partial charge in [-0.25, -0.2) is 4.98 Å². The second-order valence-electron chi connectivity index (χ2n) is 2.49. The van der Waals surface area contributed by atoms with E-state index in [9.17, 15) is 0 Å². The zero-order valence-electron chi connectivity index (χ0n) is 6.06. The van der Waals surface area contributed by atoms with Crippen LogP contribution in [0.5, 0.6) is 0 Å². The highest BCUT2D eigenvalue weighted by molar-refractivity contribution is 14.1. The molecule has 2 aromatic heterocycles. The van der Waals surface area contributed by atoms with Crippen LogP contribution < -0.4 is 0 Å². The summed E-state index contributed by atoms with van der Waals surface area (Å²) >= 11 is 2.29. The minimum atomic E-state index is 0.981. The third-order valence-electron chi connectivity index (χ3n) is 1.63. The average molecular weight is 258 g/mol. The van der Waals surface area contributed by atoms with Crippen LogP contribution in [0, 0.1) is 10.5 Å². The average Bonchev–Trinajstić information content (AvgIpc) is 2.32. The molecule has 2 heterocycles. The van der Waals surface area contributed by atoms with Gasteiger partial charge in [0, 0.05) is 20.8 Å². The molecule has 0 aromatic carbocycles. The van der Waals surface area contributed by atoms with Crippen molar-refractivity contribution in [2.45, 2.75) is 6.92 Å². The van der Waals surface area contributed by atoms with Crippen LogP contribution in [0.4, 0.5) is 0 Å². The van der Waals surface area contributed by atoms with Crippen molar-refractivity contribution in [1.82, 2.24) is 9.97 Å². The predicted octanol–water partition coefficient (Wildman–Crippen LogP) is 2.48. The number of aromatic nitrogens is 2. The Morgan fingerprint density at radius 3 is 3.09 bits per heavy atom. The van der Waals surface area contributed by atoms with Crippen LogP contribution in [0.2, 0.25) is 0 Å². The Balaban J connectivity index is 2.86. The molecule has 0 atom stereocenters. The van der Waals surface area contributed by atoms with E-state index < -0.39 is 0 Å². The highest BCUT2D eigenvalue weighted by atomic mass is 127. The number of nitrogens with zero attached hydrogens (tertiary/aromatic N) is 1. The highest BCUT2D eigenvalue weighted by Crippen LogP contribution is 2.17. The molecule has 2 rings (SSSR count). The molecule has 2 nitrogen and oxygen atoms in total. The van der Waals surface area contributed by atoms with Crippen molar-refractivity contribution < 1.29 is 0 Å². The van der Waals surface area contributed by atoms with Gasteiger partial charge in [0.2, 0.25) is 0 Å². The van der Waals surface area contributed by atoms with Crippen molar-refractivity contribution in [3.8, 4) is 0 Å². The molecule has 0 spiro atoms. The topological polar surface area (TPSA) is 28.7 Å². The van der Waals surface area contributed by atoms with Gasteiger partial charge in [-0.15, -0.1) is 0 Å². The summed E-state index contributed by atoms with van der Waals surface area (Å²) in [5.74, 6) is 0. The van der Waals surface area contributed by atoms with Crippen molar-refractivity contribution in [1.29, 1.82) is 0 Å². The van der Waals surface area contributed by atoms with E-state index in [2.05, 4.69) is 38.6 Å². The van der Waals surface area contributed by atoms with Crippen LogP contribution in [0.3, 0.4) is 0 Å². The first kappa shape index (κ1) is 7.09. The molecular formula is C8H7IN2. The highest BCUT2D eigenvalue weighted by Gasteiger charge is 1.99. The van der Waals surface area contributed by atoms with Crippen LogP contribution in [-0.2, 0) is 0 Å². The van der Waals surface area contributed by atoms with E-state index in [-0.39, 0.29) is 0 Å². The molecule has 0 saturated heterocycles. The number of aryl methyl sites for hydroxylation is 1. The minimum Gasteiger partial charge on any atom is -0.345 e. The van der Waals surface area contributed by atoms with Gasteiger partial charge >= 0.3 is 0 Å². The molecule has 0 aliphatic carbocycles. The fourth-order valence-electron chi connectivity index (χ4n) is 1.07. The van der Waals surface area contributed by atoms with Crippen LogP contribution in [0.1, 0.15) is 5.69 Å². The molecule has 0 unspecified atom stereocenters. The van der Waals surface area contributed by atoms with Crippen molar-refractivity contribution in [3.63, 3.8) is 0 Å². The lowest BCUT2D eigenvalue weighted by Crippen LogP contribution is -1.80. The lowest BCUT2D eigenvalue weighted by Gasteiger charge is -1.91. The van der Waals surface area contributed by atoms with Crippen molar-refractivity contribution in [3.05, 3.63) is 27.6 Å². The van der Waals surface area contributed by atoms with Crippen LogP contribution in [-0.4, -0.2) is 9.97 Å². The zero-order valence-corrected chi connectivity index (χ0v) is 8.21. The molecule has 0 fully saturated rings. The Labute approximate surface area is 78.2 Å². The van der Waals surface area contributed by atoms with E-state index in [1.54, 1.807) is 0 Å². The lowest BCUT2D eigenvalue weighted by atomic mass is 10.3. The number of rotatable bonds is 0. The molecule has 3 heteroatoms. The molecule has 2 aromatic rings. The molecule has 0 aliphatic rings. The lowest BCUT2D eigenvalue weighted by molar-refractivity contribution is 1.22. The van der Waals surface area contributed by atoms with E-state index in [4.69, 9.17) is 0 Å². The summed E-state index contributed by atoms with van der Waals surface area (Å²) in [7, 11) is 0. The maximum absolute atomic E-state index is 4.34. The molecule has 0 saturated carbocycles. The second-order valence-corrected chi connectivity index (χ2v) is 3.65. The maximum atomic E-state index is 4.34. The summed E-state index contributed by atoms with van der Waals surface area (Å²) in [6.45, 7) is 1.99.